The third-order valence-electron chi connectivity index (χ3n) is 6.77. The topological polar surface area (TPSA) is 68.9 Å². The highest BCUT2D eigenvalue weighted by Gasteiger charge is 2.40. The molecule has 0 spiro atoms. The zero-order valence-corrected chi connectivity index (χ0v) is 20.4. The lowest BCUT2D eigenvalue weighted by Gasteiger charge is -2.43. The lowest BCUT2D eigenvalue weighted by molar-refractivity contribution is -0.00903. The Morgan fingerprint density at radius 3 is 2.69 bits per heavy atom. The van der Waals surface area contributed by atoms with Crippen molar-refractivity contribution in [2.45, 2.75) is 89.4 Å². The highest BCUT2D eigenvalue weighted by atomic mass is 32.1. The van der Waals surface area contributed by atoms with Crippen LogP contribution in [-0.2, 0) is 11.2 Å². The maximum Gasteiger partial charge on any atom is 0.410 e. The molecule has 172 valence electrons. The summed E-state index contributed by atoms with van der Waals surface area (Å²) >= 11 is 1.71. The van der Waals surface area contributed by atoms with Crippen LogP contribution in [0.25, 0.3) is 15.1 Å². The number of aromatic nitrogens is 2. The Morgan fingerprint density at radius 2 is 2.03 bits per heavy atom. The second-order valence-electron chi connectivity index (χ2n) is 10.2. The Balaban J connectivity index is 1.47. The molecule has 1 atom stereocenters. The predicted octanol–water partition coefficient (Wildman–Crippen LogP) is 5.59. The van der Waals surface area contributed by atoms with E-state index in [2.05, 4.69) is 21.7 Å². The highest BCUT2D eigenvalue weighted by molar-refractivity contribution is 7.19. The second-order valence-corrected chi connectivity index (χ2v) is 11.3. The number of thiophene rings is 1. The fraction of sp³-hybridized carbons (Fsp3) is 0.667. The fourth-order valence-corrected chi connectivity index (χ4v) is 6.03. The van der Waals surface area contributed by atoms with Crippen LogP contribution in [0.4, 0.5) is 4.79 Å². The van der Waals surface area contributed by atoms with E-state index in [1.165, 1.54) is 10.4 Å². The van der Waals surface area contributed by atoms with Gasteiger partial charge in [0.2, 0.25) is 12.4 Å². The molecule has 0 saturated heterocycles. The number of fused-ring (bicyclic) bond motifs is 3. The van der Waals surface area contributed by atoms with Crippen molar-refractivity contribution in [1.29, 1.82) is 0 Å². The zero-order valence-electron chi connectivity index (χ0n) is 19.6. The summed E-state index contributed by atoms with van der Waals surface area (Å²) in [6.45, 7) is 15.6. The minimum absolute atomic E-state index is 0.0458. The third-order valence-corrected chi connectivity index (χ3v) is 7.95. The SMILES string of the molecule is [C-]#[N+]C[C@H]1CCc2sc3ncnc(OC4CCC(C)(N(C)C(=O)OC(C)(C)C)CC4)c3c21. The van der Waals surface area contributed by atoms with Gasteiger partial charge in [-0.1, -0.05) is 0 Å². The smallest absolute Gasteiger partial charge is 0.410 e. The van der Waals surface area contributed by atoms with Crippen molar-refractivity contribution in [2.24, 2.45) is 0 Å². The largest absolute Gasteiger partial charge is 0.474 e. The van der Waals surface area contributed by atoms with Crippen molar-refractivity contribution < 1.29 is 14.3 Å². The van der Waals surface area contributed by atoms with Crippen molar-refractivity contribution in [3.05, 3.63) is 28.2 Å². The van der Waals surface area contributed by atoms with Gasteiger partial charge < -0.3 is 19.2 Å². The van der Waals surface area contributed by atoms with Gasteiger partial charge in [-0.25, -0.2) is 21.3 Å². The summed E-state index contributed by atoms with van der Waals surface area (Å²) in [5.74, 6) is 0.903. The van der Waals surface area contributed by atoms with Crippen LogP contribution in [0.1, 0.15) is 76.2 Å². The van der Waals surface area contributed by atoms with Gasteiger partial charge in [-0.2, -0.15) is 0 Å². The molecule has 0 unspecified atom stereocenters. The standard InChI is InChI=1S/C24H32N4O3S/c1-23(2,3)31-22(29)28(6)24(4)11-9-16(10-12-24)30-20-19-18-15(13-25-5)7-8-17(18)32-21(19)27-14-26-20/h14-16H,7-13H2,1-4,6H3/t15-,16?,24?/m1/s1. The molecule has 1 amide bonds. The van der Waals surface area contributed by atoms with Crippen molar-refractivity contribution in [1.82, 2.24) is 14.9 Å². The van der Waals surface area contributed by atoms with Gasteiger partial charge in [-0.15, -0.1) is 11.3 Å². The van der Waals surface area contributed by atoms with Gasteiger partial charge >= 0.3 is 6.09 Å². The molecule has 2 aromatic heterocycles. The number of rotatable bonds is 4. The minimum atomic E-state index is -0.508. The predicted molar refractivity (Wildman–Crippen MR) is 125 cm³/mol. The maximum atomic E-state index is 12.6. The number of hydrogen-bond donors (Lipinski definition) is 0. The van der Waals surface area contributed by atoms with Crippen molar-refractivity contribution in [2.75, 3.05) is 13.6 Å². The molecule has 1 saturated carbocycles. The fourth-order valence-electron chi connectivity index (χ4n) is 4.80. The molecule has 2 aromatic rings. The van der Waals surface area contributed by atoms with Crippen LogP contribution in [0.5, 0.6) is 5.88 Å². The molecule has 2 aliphatic rings. The summed E-state index contributed by atoms with van der Waals surface area (Å²) < 4.78 is 12.0. The summed E-state index contributed by atoms with van der Waals surface area (Å²) in [5.41, 5.74) is 0.474. The molecular weight excluding hydrogens is 424 g/mol. The average molecular weight is 457 g/mol. The average Bonchev–Trinajstić information content (AvgIpc) is 3.28. The first-order valence-electron chi connectivity index (χ1n) is 11.3. The Labute approximate surface area is 194 Å². The first-order valence-corrected chi connectivity index (χ1v) is 12.2. The molecule has 4 rings (SSSR count). The molecule has 0 aliphatic heterocycles. The lowest BCUT2D eigenvalue weighted by Crippen LogP contribution is -2.51. The summed E-state index contributed by atoms with van der Waals surface area (Å²) in [6.07, 6.45) is 6.73. The first kappa shape index (κ1) is 22.8. The molecule has 0 radical (unpaired) electrons. The van der Waals surface area contributed by atoms with E-state index in [1.807, 2.05) is 27.8 Å². The number of amides is 1. The summed E-state index contributed by atoms with van der Waals surface area (Å²) in [4.78, 5) is 29.2. The molecule has 2 heterocycles. The van der Waals surface area contributed by atoms with Crippen LogP contribution < -0.4 is 4.74 Å². The molecule has 0 bridgehead atoms. The van der Waals surface area contributed by atoms with Crippen molar-refractivity contribution >= 4 is 27.6 Å². The Bertz CT molecular complexity index is 1040. The Kier molecular flexibility index (Phi) is 6.06. The number of carbonyl (C=O) groups excluding carboxylic acids is 1. The lowest BCUT2D eigenvalue weighted by atomic mass is 9.81. The first-order chi connectivity index (χ1) is 15.1. The van der Waals surface area contributed by atoms with Gasteiger partial charge in [-0.3, -0.25) is 0 Å². The van der Waals surface area contributed by atoms with Crippen molar-refractivity contribution in [3.8, 4) is 5.88 Å². The Hall–Kier alpha value is -2.40. The molecule has 2 aliphatic carbocycles. The van der Waals surface area contributed by atoms with E-state index in [4.69, 9.17) is 16.0 Å². The van der Waals surface area contributed by atoms with Gasteiger partial charge in [-0.05, 0) is 71.8 Å². The summed E-state index contributed by atoms with van der Waals surface area (Å²) in [7, 11) is 1.83. The van der Waals surface area contributed by atoms with Crippen LogP contribution in [0.15, 0.2) is 6.33 Å². The van der Waals surface area contributed by atoms with E-state index in [-0.39, 0.29) is 23.7 Å². The normalized spacial score (nSPS) is 25.2. The van der Waals surface area contributed by atoms with E-state index in [0.29, 0.717) is 12.4 Å². The van der Waals surface area contributed by atoms with E-state index in [0.717, 1.165) is 48.7 Å². The van der Waals surface area contributed by atoms with Gasteiger partial charge in [0.15, 0.2) is 0 Å². The number of aryl methyl sites for hydroxylation is 1. The van der Waals surface area contributed by atoms with Gasteiger partial charge in [0.25, 0.3) is 0 Å². The van der Waals surface area contributed by atoms with Gasteiger partial charge in [0, 0.05) is 17.5 Å². The summed E-state index contributed by atoms with van der Waals surface area (Å²) in [5, 5.41) is 1.01. The number of hydrogen-bond acceptors (Lipinski definition) is 6. The van der Waals surface area contributed by atoms with Crippen molar-refractivity contribution in [3.63, 3.8) is 0 Å². The number of ether oxygens (including phenoxy) is 2. The van der Waals surface area contributed by atoms with E-state index >= 15 is 0 Å². The van der Waals surface area contributed by atoms with Crippen LogP contribution in [0.3, 0.4) is 0 Å². The highest BCUT2D eigenvalue weighted by Crippen LogP contribution is 2.46. The van der Waals surface area contributed by atoms with Crippen LogP contribution >= 0.6 is 11.3 Å². The van der Waals surface area contributed by atoms with Gasteiger partial charge in [0.05, 0.1) is 11.3 Å². The third kappa shape index (κ3) is 4.40. The second kappa shape index (κ2) is 8.51. The Morgan fingerprint density at radius 1 is 1.31 bits per heavy atom. The molecule has 0 N–H and O–H groups in total. The van der Waals surface area contributed by atoms with E-state index < -0.39 is 5.60 Å². The van der Waals surface area contributed by atoms with Crippen LogP contribution in [0, 0.1) is 6.57 Å². The number of carbonyl (C=O) groups is 1. The van der Waals surface area contributed by atoms with Gasteiger partial charge in [0.1, 0.15) is 22.9 Å². The molecule has 7 nitrogen and oxygen atoms in total. The molecule has 1 fully saturated rings. The minimum Gasteiger partial charge on any atom is -0.474 e. The summed E-state index contributed by atoms with van der Waals surface area (Å²) in [6, 6.07) is 0. The maximum absolute atomic E-state index is 12.6. The molecule has 0 aromatic carbocycles. The number of nitrogens with zero attached hydrogens (tertiary/aromatic N) is 4. The van der Waals surface area contributed by atoms with Crippen LogP contribution in [-0.4, -0.2) is 51.8 Å². The quantitative estimate of drug-likeness (QED) is 0.561. The monoisotopic (exact) mass is 456 g/mol. The van der Waals surface area contributed by atoms with E-state index in [9.17, 15) is 4.79 Å². The van der Waals surface area contributed by atoms with Crippen LogP contribution in [0.2, 0.25) is 0 Å². The molecule has 8 heteroatoms. The van der Waals surface area contributed by atoms with E-state index in [1.54, 1.807) is 22.6 Å². The molecular formula is C24H32N4O3S. The zero-order chi connectivity index (χ0) is 23.1. The molecule has 32 heavy (non-hydrogen) atoms.